The van der Waals surface area contributed by atoms with Crippen molar-refractivity contribution in [3.63, 3.8) is 0 Å². The van der Waals surface area contributed by atoms with Crippen LogP contribution in [0, 0.1) is 0 Å². The molecule has 0 bridgehead atoms. The maximum Gasteiger partial charge on any atom is 0.359 e. The Morgan fingerprint density at radius 1 is 1.50 bits per heavy atom. The highest BCUT2D eigenvalue weighted by molar-refractivity contribution is 6.00. The molecule has 2 aliphatic heterocycles. The van der Waals surface area contributed by atoms with Crippen LogP contribution in [0.1, 0.15) is 27.7 Å². The first-order chi connectivity index (χ1) is 8.22. The van der Waals surface area contributed by atoms with Crippen LogP contribution in [0.5, 0.6) is 0 Å². The molecular weight excluding hydrogens is 236 g/mol. The monoisotopic (exact) mass is 254 g/mol. The fourth-order valence-electron chi connectivity index (χ4n) is 2.04. The maximum absolute atomic E-state index is 12.1. The first kappa shape index (κ1) is 12.9. The average molecular weight is 254 g/mol. The summed E-state index contributed by atoms with van der Waals surface area (Å²) in [6, 6.07) is -0.848. The number of ether oxygens (including phenoxy) is 2. The van der Waals surface area contributed by atoms with Crippen LogP contribution in [-0.2, 0) is 19.1 Å². The molecule has 0 aromatic rings. The Labute approximate surface area is 106 Å². The predicted molar refractivity (Wildman–Crippen MR) is 63.1 cm³/mol. The first-order valence-electron chi connectivity index (χ1n) is 5.88. The molecule has 2 rings (SSSR count). The van der Waals surface area contributed by atoms with Crippen molar-refractivity contribution in [2.75, 3.05) is 6.61 Å². The molecule has 2 heterocycles. The number of hydrogen-bond acceptors (Lipinski definition) is 5. The maximum atomic E-state index is 12.1. The van der Waals surface area contributed by atoms with E-state index in [0.29, 0.717) is 12.4 Å². The topological polar surface area (TPSA) is 81.9 Å². The minimum atomic E-state index is -0.618. The number of rotatable bonds is 1. The van der Waals surface area contributed by atoms with Gasteiger partial charge in [-0.15, -0.1) is 0 Å². The molecule has 2 N–H and O–H groups in total. The molecule has 0 spiro atoms. The predicted octanol–water partition coefficient (Wildman–Crippen LogP) is 0.128. The smallest absolute Gasteiger partial charge is 0.359 e. The number of amides is 1. The summed E-state index contributed by atoms with van der Waals surface area (Å²) in [7, 11) is 0. The molecule has 100 valence electrons. The zero-order chi connectivity index (χ0) is 13.7. The lowest BCUT2D eigenvalue weighted by atomic mass is 9.94. The van der Waals surface area contributed by atoms with Gasteiger partial charge in [0.15, 0.2) is 5.70 Å². The molecule has 0 saturated carbocycles. The highest BCUT2D eigenvalue weighted by Gasteiger charge is 2.52. The van der Waals surface area contributed by atoms with Gasteiger partial charge in [0.2, 0.25) is 5.91 Å². The highest BCUT2D eigenvalue weighted by Crippen LogP contribution is 2.32. The van der Waals surface area contributed by atoms with Crippen molar-refractivity contribution in [1.82, 2.24) is 4.90 Å². The minimum absolute atomic E-state index is 0.174. The average Bonchev–Trinajstić information content (AvgIpc) is 2.25. The SMILES string of the molecule is CC1=C(C(=O)OC(C)(C)C)N2C(=O)[C@H](N)[C@@H]2CO1. The summed E-state index contributed by atoms with van der Waals surface area (Å²) in [4.78, 5) is 25.2. The van der Waals surface area contributed by atoms with E-state index in [1.165, 1.54) is 4.90 Å². The van der Waals surface area contributed by atoms with E-state index in [2.05, 4.69) is 0 Å². The van der Waals surface area contributed by atoms with Crippen LogP contribution in [0.15, 0.2) is 11.5 Å². The number of nitrogens with two attached hydrogens (primary N) is 1. The summed E-state index contributed by atoms with van der Waals surface area (Å²) in [5, 5.41) is 0. The van der Waals surface area contributed by atoms with Gasteiger partial charge in [0.1, 0.15) is 24.0 Å². The third-order valence-corrected chi connectivity index (χ3v) is 2.91. The van der Waals surface area contributed by atoms with Crippen molar-refractivity contribution < 1.29 is 19.1 Å². The summed E-state index contributed by atoms with van der Waals surface area (Å²) in [6.45, 7) is 7.28. The Kier molecular flexibility index (Phi) is 2.85. The van der Waals surface area contributed by atoms with E-state index in [9.17, 15) is 9.59 Å². The molecule has 0 aromatic heterocycles. The Hall–Kier alpha value is -1.56. The van der Waals surface area contributed by atoms with Gasteiger partial charge in [0.25, 0.3) is 0 Å². The van der Waals surface area contributed by atoms with Gasteiger partial charge in [-0.2, -0.15) is 0 Å². The van der Waals surface area contributed by atoms with E-state index < -0.39 is 17.6 Å². The summed E-state index contributed by atoms with van der Waals surface area (Å²) in [5.41, 5.74) is 5.22. The van der Waals surface area contributed by atoms with E-state index in [0.717, 1.165) is 0 Å². The van der Waals surface area contributed by atoms with E-state index in [1.807, 2.05) is 0 Å². The molecular formula is C12H18N2O4. The quantitative estimate of drug-likeness (QED) is 0.531. The number of esters is 1. The molecule has 1 amide bonds. The standard InChI is InChI=1S/C12H18N2O4/c1-6-9(11(16)18-12(2,3)4)14-7(5-17-6)8(13)10(14)15/h7-8H,5,13H2,1-4H3/t7-,8+/m0/s1. The van der Waals surface area contributed by atoms with Crippen LogP contribution in [0.3, 0.4) is 0 Å². The Morgan fingerprint density at radius 2 is 2.11 bits per heavy atom. The number of hydrogen-bond donors (Lipinski definition) is 1. The van der Waals surface area contributed by atoms with Gasteiger partial charge in [-0.3, -0.25) is 9.69 Å². The molecule has 1 fully saturated rings. The zero-order valence-corrected chi connectivity index (χ0v) is 11.0. The highest BCUT2D eigenvalue weighted by atomic mass is 16.6. The van der Waals surface area contributed by atoms with Crippen LogP contribution in [0.2, 0.25) is 0 Å². The van der Waals surface area contributed by atoms with Gasteiger partial charge < -0.3 is 15.2 Å². The molecule has 18 heavy (non-hydrogen) atoms. The van der Waals surface area contributed by atoms with Crippen molar-refractivity contribution in [2.24, 2.45) is 5.73 Å². The summed E-state index contributed by atoms with van der Waals surface area (Å²) in [5.74, 6) is -0.408. The summed E-state index contributed by atoms with van der Waals surface area (Å²) in [6.07, 6.45) is 0. The van der Waals surface area contributed by atoms with Gasteiger partial charge in [0.05, 0.1) is 6.04 Å². The normalized spacial score (nSPS) is 27.4. The van der Waals surface area contributed by atoms with Crippen molar-refractivity contribution >= 4 is 11.9 Å². The molecule has 2 atom stereocenters. The molecule has 0 aliphatic carbocycles. The minimum Gasteiger partial charge on any atom is -0.494 e. The van der Waals surface area contributed by atoms with Crippen LogP contribution in [0.25, 0.3) is 0 Å². The Morgan fingerprint density at radius 3 is 2.67 bits per heavy atom. The Balaban J connectivity index is 2.25. The van der Waals surface area contributed by atoms with Crippen molar-refractivity contribution in [2.45, 2.75) is 45.4 Å². The Bertz CT molecular complexity index is 436. The van der Waals surface area contributed by atoms with Gasteiger partial charge in [-0.05, 0) is 27.7 Å². The molecule has 1 saturated heterocycles. The largest absolute Gasteiger partial charge is 0.494 e. The molecule has 2 aliphatic rings. The second kappa shape index (κ2) is 3.98. The molecule has 0 unspecified atom stereocenters. The molecule has 6 nitrogen and oxygen atoms in total. The lowest BCUT2D eigenvalue weighted by molar-refractivity contribution is -0.164. The molecule has 0 aromatic carbocycles. The number of carbonyl (C=O) groups excluding carboxylic acids is 2. The van der Waals surface area contributed by atoms with Crippen molar-refractivity contribution in [3.05, 3.63) is 11.5 Å². The lowest BCUT2D eigenvalue weighted by Gasteiger charge is -2.48. The van der Waals surface area contributed by atoms with Gasteiger partial charge in [-0.1, -0.05) is 0 Å². The number of nitrogens with zero attached hydrogens (tertiary/aromatic N) is 1. The number of allylic oxidation sites excluding steroid dienone is 1. The van der Waals surface area contributed by atoms with E-state index in [4.69, 9.17) is 15.2 Å². The van der Waals surface area contributed by atoms with Gasteiger partial charge in [0, 0.05) is 0 Å². The first-order valence-corrected chi connectivity index (χ1v) is 5.88. The van der Waals surface area contributed by atoms with E-state index in [-0.39, 0.29) is 17.6 Å². The van der Waals surface area contributed by atoms with Crippen molar-refractivity contribution in [3.8, 4) is 0 Å². The third kappa shape index (κ3) is 1.96. The molecule has 6 heteroatoms. The number of fused-ring (bicyclic) bond motifs is 1. The van der Waals surface area contributed by atoms with Crippen LogP contribution >= 0.6 is 0 Å². The zero-order valence-electron chi connectivity index (χ0n) is 11.0. The van der Waals surface area contributed by atoms with Crippen LogP contribution in [0.4, 0.5) is 0 Å². The van der Waals surface area contributed by atoms with E-state index in [1.54, 1.807) is 27.7 Å². The van der Waals surface area contributed by atoms with E-state index >= 15 is 0 Å². The van der Waals surface area contributed by atoms with Crippen LogP contribution < -0.4 is 5.73 Å². The summed E-state index contributed by atoms with van der Waals surface area (Å²) < 4.78 is 10.7. The second-order valence-corrected chi connectivity index (χ2v) is 5.52. The number of β-lactam (4-membered cyclic amide) rings is 1. The second-order valence-electron chi connectivity index (χ2n) is 5.52. The van der Waals surface area contributed by atoms with Gasteiger partial charge >= 0.3 is 5.97 Å². The fourth-order valence-corrected chi connectivity index (χ4v) is 2.04. The van der Waals surface area contributed by atoms with Crippen LogP contribution in [-0.4, -0.2) is 41.1 Å². The number of carbonyl (C=O) groups is 2. The molecule has 0 radical (unpaired) electrons. The third-order valence-electron chi connectivity index (χ3n) is 2.91. The summed E-state index contributed by atoms with van der Waals surface area (Å²) >= 11 is 0. The van der Waals surface area contributed by atoms with Crippen molar-refractivity contribution in [1.29, 1.82) is 0 Å². The van der Waals surface area contributed by atoms with Gasteiger partial charge in [-0.25, -0.2) is 4.79 Å². The lowest BCUT2D eigenvalue weighted by Crippen LogP contribution is -2.71. The fraction of sp³-hybridized carbons (Fsp3) is 0.667.